The van der Waals surface area contributed by atoms with Crippen molar-refractivity contribution >= 4 is 17.5 Å². The quantitative estimate of drug-likeness (QED) is 0.841. The predicted octanol–water partition coefficient (Wildman–Crippen LogP) is 2.11. The summed E-state index contributed by atoms with van der Waals surface area (Å²) >= 11 is 0. The molecule has 1 saturated heterocycles. The van der Waals surface area contributed by atoms with Gasteiger partial charge in [-0.05, 0) is 31.0 Å². The van der Waals surface area contributed by atoms with E-state index in [4.69, 9.17) is 5.73 Å². The number of rotatable bonds is 2. The Labute approximate surface area is 116 Å². The lowest BCUT2D eigenvalue weighted by molar-refractivity contribution is -0.125. The molecule has 1 heterocycles. The number of hydrogen-bond donors (Lipinski definition) is 1. The zero-order chi connectivity index (χ0) is 14.3. The average Bonchev–Trinajstić information content (AvgIpc) is 2.98. The first kappa shape index (κ1) is 13.2. The summed E-state index contributed by atoms with van der Waals surface area (Å²) in [5.74, 6) is -0.730. The summed E-state index contributed by atoms with van der Waals surface area (Å²) in [5, 5.41) is 0. The van der Waals surface area contributed by atoms with Crippen molar-refractivity contribution in [3.63, 3.8) is 0 Å². The highest BCUT2D eigenvalue weighted by Gasteiger charge is 2.53. The van der Waals surface area contributed by atoms with Crippen LogP contribution >= 0.6 is 0 Å². The summed E-state index contributed by atoms with van der Waals surface area (Å²) in [7, 11) is 0. The fraction of sp³-hybridized carbons (Fsp3) is 0.467. The Hall–Kier alpha value is -1.75. The number of anilines is 1. The topological polar surface area (TPSA) is 63.4 Å². The van der Waals surface area contributed by atoms with E-state index in [0.29, 0.717) is 11.3 Å². The second-order valence-electron chi connectivity index (χ2n) is 5.68. The maximum Gasteiger partial charge on any atom is 0.240 e. The van der Waals surface area contributed by atoms with Crippen molar-refractivity contribution in [3.05, 3.63) is 29.6 Å². The lowest BCUT2D eigenvalue weighted by Crippen LogP contribution is -2.34. The molecule has 1 aromatic rings. The summed E-state index contributed by atoms with van der Waals surface area (Å²) in [4.78, 5) is 26.0. The molecule has 4 nitrogen and oxygen atoms in total. The summed E-state index contributed by atoms with van der Waals surface area (Å²) in [6.45, 7) is 0.0427. The maximum atomic E-state index is 13.5. The molecule has 3 rings (SSSR count). The van der Waals surface area contributed by atoms with Crippen molar-refractivity contribution in [2.24, 2.45) is 11.1 Å². The molecule has 106 valence electrons. The van der Waals surface area contributed by atoms with Crippen LogP contribution in [0.5, 0.6) is 0 Å². The van der Waals surface area contributed by atoms with Gasteiger partial charge in [0.1, 0.15) is 5.82 Å². The van der Waals surface area contributed by atoms with Crippen LogP contribution in [0.4, 0.5) is 10.1 Å². The van der Waals surface area contributed by atoms with Gasteiger partial charge in [0.25, 0.3) is 0 Å². The minimum absolute atomic E-state index is 0.0427. The Morgan fingerprint density at radius 1 is 1.25 bits per heavy atom. The van der Waals surface area contributed by atoms with Gasteiger partial charge in [-0.1, -0.05) is 12.8 Å². The van der Waals surface area contributed by atoms with E-state index in [0.717, 1.165) is 25.7 Å². The Bertz CT molecular complexity index is 579. The van der Waals surface area contributed by atoms with E-state index in [9.17, 15) is 14.0 Å². The van der Waals surface area contributed by atoms with Crippen LogP contribution in [-0.2, 0) is 16.1 Å². The van der Waals surface area contributed by atoms with Gasteiger partial charge in [0, 0.05) is 18.5 Å². The van der Waals surface area contributed by atoms with Crippen molar-refractivity contribution in [2.75, 3.05) is 4.90 Å². The van der Waals surface area contributed by atoms with Crippen molar-refractivity contribution in [2.45, 2.75) is 38.6 Å². The number of nitrogens with zero attached hydrogens (tertiary/aromatic N) is 1. The third-order valence-electron chi connectivity index (χ3n) is 4.46. The molecule has 1 aliphatic heterocycles. The first-order valence-corrected chi connectivity index (χ1v) is 6.93. The van der Waals surface area contributed by atoms with Crippen LogP contribution in [0.25, 0.3) is 0 Å². The van der Waals surface area contributed by atoms with Gasteiger partial charge >= 0.3 is 0 Å². The molecule has 0 bridgehead atoms. The van der Waals surface area contributed by atoms with Crippen LogP contribution in [0.15, 0.2) is 18.2 Å². The maximum absolute atomic E-state index is 13.5. The standard InChI is InChI=1S/C15H17FN2O2/c16-12-4-3-11(7-10(12)9-17)18-13(19)8-15(14(18)20)5-1-2-6-15/h3-4,7H,1-2,5-6,8-9,17H2. The van der Waals surface area contributed by atoms with Gasteiger partial charge in [-0.25, -0.2) is 4.39 Å². The number of benzene rings is 1. The van der Waals surface area contributed by atoms with Gasteiger partial charge in [-0.15, -0.1) is 0 Å². The van der Waals surface area contributed by atoms with Gasteiger partial charge in [-0.3, -0.25) is 14.5 Å². The van der Waals surface area contributed by atoms with E-state index in [2.05, 4.69) is 0 Å². The number of amides is 2. The number of carbonyl (C=O) groups is 2. The first-order valence-electron chi connectivity index (χ1n) is 6.93. The SMILES string of the molecule is NCc1cc(N2C(=O)CC3(CCCC3)C2=O)ccc1F. The number of halogens is 1. The summed E-state index contributed by atoms with van der Waals surface area (Å²) in [6.07, 6.45) is 3.81. The van der Waals surface area contributed by atoms with E-state index in [1.165, 1.54) is 23.1 Å². The molecule has 0 unspecified atom stereocenters. The van der Waals surface area contributed by atoms with Crippen LogP contribution in [0.2, 0.25) is 0 Å². The molecule has 20 heavy (non-hydrogen) atoms. The van der Waals surface area contributed by atoms with E-state index >= 15 is 0 Å². The molecule has 0 aromatic heterocycles. The second-order valence-corrected chi connectivity index (χ2v) is 5.68. The molecule has 5 heteroatoms. The molecule has 2 N–H and O–H groups in total. The number of nitrogens with two attached hydrogens (primary N) is 1. The zero-order valence-corrected chi connectivity index (χ0v) is 11.2. The molecule has 0 atom stereocenters. The van der Waals surface area contributed by atoms with Gasteiger partial charge in [0.05, 0.1) is 11.1 Å². The molecule has 1 saturated carbocycles. The van der Waals surface area contributed by atoms with Gasteiger partial charge in [0.15, 0.2) is 0 Å². The van der Waals surface area contributed by atoms with Crippen molar-refractivity contribution in [1.29, 1.82) is 0 Å². The normalized spacial score (nSPS) is 21.2. The third kappa shape index (κ3) is 1.85. The van der Waals surface area contributed by atoms with E-state index in [-0.39, 0.29) is 24.8 Å². The van der Waals surface area contributed by atoms with Gasteiger partial charge in [-0.2, -0.15) is 0 Å². The Kier molecular flexibility index (Phi) is 3.09. The molecule has 2 fully saturated rings. The zero-order valence-electron chi connectivity index (χ0n) is 11.2. The molecule has 0 radical (unpaired) electrons. The molecule has 1 spiro atoms. The van der Waals surface area contributed by atoms with Crippen LogP contribution in [0, 0.1) is 11.2 Å². The summed E-state index contributed by atoms with van der Waals surface area (Å²) in [5.41, 5.74) is 5.72. The van der Waals surface area contributed by atoms with Gasteiger partial charge < -0.3 is 5.73 Å². The minimum atomic E-state index is -0.506. The Morgan fingerprint density at radius 2 is 1.95 bits per heavy atom. The molecule has 1 aliphatic carbocycles. The highest BCUT2D eigenvalue weighted by Crippen LogP contribution is 2.48. The fourth-order valence-corrected chi connectivity index (χ4v) is 3.35. The van der Waals surface area contributed by atoms with E-state index in [1.807, 2.05) is 0 Å². The number of carbonyl (C=O) groups excluding carboxylic acids is 2. The van der Waals surface area contributed by atoms with Crippen molar-refractivity contribution in [1.82, 2.24) is 0 Å². The predicted molar refractivity (Wildman–Crippen MR) is 72.3 cm³/mol. The van der Waals surface area contributed by atoms with Crippen LogP contribution in [0.3, 0.4) is 0 Å². The van der Waals surface area contributed by atoms with E-state index in [1.54, 1.807) is 0 Å². The van der Waals surface area contributed by atoms with Gasteiger partial charge in [0.2, 0.25) is 11.8 Å². The second kappa shape index (κ2) is 4.66. The number of hydrogen-bond acceptors (Lipinski definition) is 3. The Balaban J connectivity index is 1.98. The minimum Gasteiger partial charge on any atom is -0.326 e. The van der Waals surface area contributed by atoms with E-state index < -0.39 is 11.2 Å². The highest BCUT2D eigenvalue weighted by molar-refractivity contribution is 6.22. The van der Waals surface area contributed by atoms with Crippen LogP contribution in [-0.4, -0.2) is 11.8 Å². The lowest BCUT2D eigenvalue weighted by atomic mass is 9.84. The number of imide groups is 1. The molecular formula is C15H17FN2O2. The molecular weight excluding hydrogens is 259 g/mol. The first-order chi connectivity index (χ1) is 9.57. The highest BCUT2D eigenvalue weighted by atomic mass is 19.1. The lowest BCUT2D eigenvalue weighted by Gasteiger charge is -2.21. The summed E-state index contributed by atoms with van der Waals surface area (Å²) < 4.78 is 13.5. The smallest absolute Gasteiger partial charge is 0.240 e. The summed E-state index contributed by atoms with van der Waals surface area (Å²) in [6, 6.07) is 4.23. The molecule has 2 aliphatic rings. The molecule has 1 aromatic carbocycles. The van der Waals surface area contributed by atoms with Crippen molar-refractivity contribution < 1.29 is 14.0 Å². The van der Waals surface area contributed by atoms with Crippen LogP contribution in [0.1, 0.15) is 37.7 Å². The monoisotopic (exact) mass is 276 g/mol. The third-order valence-corrected chi connectivity index (χ3v) is 4.46. The fourth-order valence-electron chi connectivity index (χ4n) is 3.35. The average molecular weight is 276 g/mol. The Morgan fingerprint density at radius 3 is 2.60 bits per heavy atom. The molecule has 2 amide bonds. The van der Waals surface area contributed by atoms with Crippen molar-refractivity contribution in [3.8, 4) is 0 Å². The van der Waals surface area contributed by atoms with Crippen LogP contribution < -0.4 is 10.6 Å². The largest absolute Gasteiger partial charge is 0.326 e.